The molecular weight excluding hydrogens is 495 g/mol. The number of halogens is 3. The molecule has 0 unspecified atom stereocenters. The second-order valence-electron chi connectivity index (χ2n) is 10.6. The first kappa shape index (κ1) is 28.3. The van der Waals surface area contributed by atoms with Gasteiger partial charge < -0.3 is 14.5 Å². The Morgan fingerprint density at radius 2 is 1.82 bits per heavy atom. The Morgan fingerprint density at radius 1 is 1.08 bits per heavy atom. The molecule has 2 aliphatic rings. The minimum absolute atomic E-state index is 0.0857. The van der Waals surface area contributed by atoms with E-state index < -0.39 is 12.0 Å². The Balaban J connectivity index is 1.40. The van der Waals surface area contributed by atoms with Gasteiger partial charge in [0.05, 0.1) is 12.2 Å². The van der Waals surface area contributed by atoms with Gasteiger partial charge in [0.15, 0.2) is 0 Å². The molecule has 0 radical (unpaired) electrons. The molecule has 0 aliphatic carbocycles. The molecule has 7 nitrogen and oxygen atoms in total. The third kappa shape index (κ3) is 6.46. The molecule has 10 heteroatoms. The lowest BCUT2D eigenvalue weighted by molar-refractivity contribution is -0.145. The zero-order valence-corrected chi connectivity index (χ0v) is 22.7. The predicted molar refractivity (Wildman–Crippen MR) is 139 cm³/mol. The number of amides is 1. The van der Waals surface area contributed by atoms with Gasteiger partial charge in [-0.1, -0.05) is 6.07 Å². The minimum Gasteiger partial charge on any atom is -0.493 e. The summed E-state index contributed by atoms with van der Waals surface area (Å²) in [6.07, 6.45) is 2.55. The van der Waals surface area contributed by atoms with Crippen LogP contribution in [0.1, 0.15) is 71.0 Å². The summed E-state index contributed by atoms with van der Waals surface area (Å²) in [5.41, 5.74) is 3.82. The van der Waals surface area contributed by atoms with Crippen molar-refractivity contribution in [3.8, 4) is 5.75 Å². The van der Waals surface area contributed by atoms with E-state index in [0.717, 1.165) is 56.8 Å². The molecule has 1 amide bonds. The minimum atomic E-state index is -4.63. The summed E-state index contributed by atoms with van der Waals surface area (Å²) in [5, 5.41) is 0. The van der Waals surface area contributed by atoms with Crippen LogP contribution in [0.2, 0.25) is 0 Å². The van der Waals surface area contributed by atoms with Crippen LogP contribution < -0.4 is 4.74 Å². The molecule has 2 atom stereocenters. The Hall–Kier alpha value is -2.72. The summed E-state index contributed by atoms with van der Waals surface area (Å²) >= 11 is 0. The van der Waals surface area contributed by atoms with Crippen LogP contribution >= 0.6 is 0 Å². The number of hydrogen-bond donors (Lipinski definition) is 0. The molecule has 2 fully saturated rings. The fraction of sp³-hybridized carbons (Fsp3) is 0.607. The average molecular weight is 534 g/mol. The van der Waals surface area contributed by atoms with Crippen LogP contribution in [-0.2, 0) is 6.18 Å². The van der Waals surface area contributed by atoms with Crippen LogP contribution in [0.4, 0.5) is 13.2 Å². The lowest BCUT2D eigenvalue weighted by Gasteiger charge is -2.48. The van der Waals surface area contributed by atoms with Crippen LogP contribution in [0.5, 0.6) is 5.75 Å². The number of carbonyl (C=O) groups is 1. The number of benzene rings is 1. The average Bonchev–Trinajstić information content (AvgIpc) is 2.89. The summed E-state index contributed by atoms with van der Waals surface area (Å²) in [5.74, 6) is -0.613. The number of hydrogen-bond acceptors (Lipinski definition) is 6. The van der Waals surface area contributed by atoms with Crippen molar-refractivity contribution >= 4 is 5.91 Å². The fourth-order valence-electron chi connectivity index (χ4n) is 5.58. The standard InChI is InChI=1S/C28H38F3N5O2/c1-19-20(2)25(38-15-6-5-12-34(3)4)11-10-23(19)24-9-7-8-22-18-35(13-14-36(22)24)26(37)21-16-32-27(33-17-21)28(29,30)31/h10-11,16-17,22,24H,5-9,12-15,18H2,1-4H3/t22-,24+/m0/s1. The highest BCUT2D eigenvalue weighted by atomic mass is 19.4. The summed E-state index contributed by atoms with van der Waals surface area (Å²) in [4.78, 5) is 26.1. The molecule has 1 aromatic heterocycles. The zero-order chi connectivity index (χ0) is 27.4. The molecule has 1 aromatic carbocycles. The molecule has 3 heterocycles. The van der Waals surface area contributed by atoms with Crippen LogP contribution in [0.3, 0.4) is 0 Å². The van der Waals surface area contributed by atoms with E-state index in [1.54, 1.807) is 4.90 Å². The first-order chi connectivity index (χ1) is 18.1. The molecule has 0 saturated carbocycles. The van der Waals surface area contributed by atoms with E-state index in [4.69, 9.17) is 4.74 Å². The summed E-state index contributed by atoms with van der Waals surface area (Å²) in [6.45, 7) is 7.82. The SMILES string of the molecule is Cc1c(OCCCCN(C)C)ccc([C@H]2CCC[C@H]3CN(C(=O)c4cnc(C(F)(F)F)nc4)CCN32)c1C. The van der Waals surface area contributed by atoms with Gasteiger partial charge in [0.25, 0.3) is 5.91 Å². The maximum Gasteiger partial charge on any atom is 0.451 e. The van der Waals surface area contributed by atoms with E-state index in [2.05, 4.69) is 59.8 Å². The van der Waals surface area contributed by atoms with Crippen molar-refractivity contribution in [2.75, 3.05) is 46.9 Å². The number of rotatable bonds is 8. The third-order valence-electron chi connectivity index (χ3n) is 7.78. The normalized spacial score (nSPS) is 20.5. The maximum absolute atomic E-state index is 13.0. The summed E-state index contributed by atoms with van der Waals surface area (Å²) in [6, 6.07) is 4.77. The predicted octanol–water partition coefficient (Wildman–Crippen LogP) is 4.88. The van der Waals surface area contributed by atoms with Crippen LogP contribution in [0.15, 0.2) is 24.5 Å². The maximum atomic E-state index is 13.0. The molecular formula is C28H38F3N5O2. The molecule has 0 spiro atoms. The van der Waals surface area contributed by atoms with Gasteiger partial charge in [-0.15, -0.1) is 0 Å². The quantitative estimate of drug-likeness (QED) is 0.451. The lowest BCUT2D eigenvalue weighted by Crippen LogP contribution is -2.57. The molecule has 2 aromatic rings. The molecule has 4 rings (SSSR count). The Morgan fingerprint density at radius 3 is 2.50 bits per heavy atom. The highest BCUT2D eigenvalue weighted by Gasteiger charge is 2.38. The number of aromatic nitrogens is 2. The number of nitrogens with zero attached hydrogens (tertiary/aromatic N) is 5. The van der Waals surface area contributed by atoms with Gasteiger partial charge in [-0.25, -0.2) is 9.97 Å². The van der Waals surface area contributed by atoms with Crippen molar-refractivity contribution in [3.05, 3.63) is 52.6 Å². The van der Waals surface area contributed by atoms with Gasteiger partial charge in [-0.3, -0.25) is 9.69 Å². The number of carbonyl (C=O) groups excluding carboxylic acids is 1. The Labute approximate surface area is 223 Å². The van der Waals surface area contributed by atoms with E-state index in [1.165, 1.54) is 16.7 Å². The zero-order valence-electron chi connectivity index (χ0n) is 22.7. The highest BCUT2D eigenvalue weighted by molar-refractivity contribution is 5.93. The number of unbranched alkanes of at least 4 members (excludes halogenated alkanes) is 1. The van der Waals surface area contributed by atoms with Crippen molar-refractivity contribution in [3.63, 3.8) is 0 Å². The highest BCUT2D eigenvalue weighted by Crippen LogP contribution is 2.39. The molecule has 208 valence electrons. The second kappa shape index (κ2) is 12.0. The first-order valence-electron chi connectivity index (χ1n) is 13.4. The van der Waals surface area contributed by atoms with Crippen LogP contribution in [0, 0.1) is 13.8 Å². The van der Waals surface area contributed by atoms with Gasteiger partial charge in [0.1, 0.15) is 5.75 Å². The molecule has 0 bridgehead atoms. The number of ether oxygens (including phenoxy) is 1. The topological polar surface area (TPSA) is 61.8 Å². The molecule has 38 heavy (non-hydrogen) atoms. The third-order valence-corrected chi connectivity index (χ3v) is 7.78. The van der Waals surface area contributed by atoms with Crippen molar-refractivity contribution in [1.29, 1.82) is 0 Å². The van der Waals surface area contributed by atoms with Crippen LogP contribution in [-0.4, -0.2) is 83.5 Å². The van der Waals surface area contributed by atoms with E-state index in [-0.39, 0.29) is 23.6 Å². The smallest absolute Gasteiger partial charge is 0.451 e. The largest absolute Gasteiger partial charge is 0.493 e. The van der Waals surface area contributed by atoms with Gasteiger partial charge in [0.2, 0.25) is 5.82 Å². The van der Waals surface area contributed by atoms with Gasteiger partial charge in [-0.05, 0) is 89.3 Å². The van der Waals surface area contributed by atoms with Crippen molar-refractivity contribution in [2.45, 2.75) is 64.2 Å². The molecule has 2 saturated heterocycles. The lowest BCUT2D eigenvalue weighted by atomic mass is 9.86. The monoisotopic (exact) mass is 533 g/mol. The number of fused-ring (bicyclic) bond motifs is 1. The summed E-state index contributed by atoms with van der Waals surface area (Å²) in [7, 11) is 4.16. The Kier molecular flexibility index (Phi) is 8.92. The first-order valence-corrected chi connectivity index (χ1v) is 13.4. The van der Waals surface area contributed by atoms with E-state index in [9.17, 15) is 18.0 Å². The number of alkyl halides is 3. The summed E-state index contributed by atoms with van der Waals surface area (Å²) < 4.78 is 44.5. The van der Waals surface area contributed by atoms with E-state index >= 15 is 0 Å². The Bertz CT molecular complexity index is 1110. The number of piperidine rings is 1. The number of piperazine rings is 1. The van der Waals surface area contributed by atoms with Crippen molar-refractivity contribution < 1.29 is 22.7 Å². The van der Waals surface area contributed by atoms with Crippen molar-refractivity contribution in [2.24, 2.45) is 0 Å². The molecule has 0 N–H and O–H groups in total. The van der Waals surface area contributed by atoms with E-state index in [0.29, 0.717) is 26.2 Å². The fourth-order valence-corrected chi connectivity index (χ4v) is 5.58. The van der Waals surface area contributed by atoms with E-state index in [1.807, 2.05) is 0 Å². The van der Waals surface area contributed by atoms with Gasteiger partial charge >= 0.3 is 6.18 Å². The van der Waals surface area contributed by atoms with Crippen LogP contribution in [0.25, 0.3) is 0 Å². The van der Waals surface area contributed by atoms with Gasteiger partial charge in [-0.2, -0.15) is 13.2 Å². The molecule has 2 aliphatic heterocycles. The van der Waals surface area contributed by atoms with Crippen molar-refractivity contribution in [1.82, 2.24) is 24.7 Å². The second-order valence-corrected chi connectivity index (χ2v) is 10.6. The van der Waals surface area contributed by atoms with Gasteiger partial charge in [0, 0.05) is 44.1 Å².